The number of carbonyl (C=O) groups excluding carboxylic acids is 1. The highest BCUT2D eigenvalue weighted by atomic mass is 16.2. The van der Waals surface area contributed by atoms with Crippen molar-refractivity contribution in [3.63, 3.8) is 0 Å². The topological polar surface area (TPSA) is 37.3 Å². The Labute approximate surface area is 77.1 Å². The van der Waals surface area contributed by atoms with Crippen molar-refractivity contribution in [3.05, 3.63) is 24.5 Å². The van der Waals surface area contributed by atoms with E-state index in [2.05, 4.69) is 9.88 Å². The van der Waals surface area contributed by atoms with Gasteiger partial charge >= 0.3 is 6.03 Å². The van der Waals surface area contributed by atoms with E-state index in [1.165, 1.54) is 0 Å². The van der Waals surface area contributed by atoms with Crippen molar-refractivity contribution in [3.8, 4) is 0 Å². The molecule has 0 bridgehead atoms. The van der Waals surface area contributed by atoms with Crippen LogP contribution in [0.5, 0.6) is 0 Å². The van der Waals surface area contributed by atoms with E-state index in [-0.39, 0.29) is 6.03 Å². The summed E-state index contributed by atoms with van der Waals surface area (Å²) in [4.78, 5) is 13.0. The van der Waals surface area contributed by atoms with Crippen LogP contribution < -0.4 is 5.32 Å². The van der Waals surface area contributed by atoms with Crippen LogP contribution in [0.3, 0.4) is 0 Å². The summed E-state index contributed by atoms with van der Waals surface area (Å²) in [5, 5.41) is 2.78. The van der Waals surface area contributed by atoms with Crippen molar-refractivity contribution in [1.82, 2.24) is 14.8 Å². The SMILES string of the molecule is O=C1NCCN1CCn1cccc1. The molecular weight excluding hydrogens is 166 g/mol. The van der Waals surface area contributed by atoms with Gasteiger partial charge in [-0.2, -0.15) is 0 Å². The molecule has 2 amide bonds. The standard InChI is InChI=1S/C9H13N3O/c13-9-10-3-6-12(9)8-7-11-4-1-2-5-11/h1-2,4-5H,3,6-8H2,(H,10,13). The molecule has 4 heteroatoms. The summed E-state index contributed by atoms with van der Waals surface area (Å²) in [7, 11) is 0. The van der Waals surface area contributed by atoms with E-state index in [4.69, 9.17) is 0 Å². The normalized spacial score (nSPS) is 16.3. The number of hydrogen-bond donors (Lipinski definition) is 1. The maximum atomic E-state index is 11.1. The molecule has 4 nitrogen and oxygen atoms in total. The summed E-state index contributed by atoms with van der Waals surface area (Å²) < 4.78 is 2.08. The minimum Gasteiger partial charge on any atom is -0.352 e. The number of urea groups is 1. The molecule has 1 aromatic rings. The van der Waals surface area contributed by atoms with E-state index in [0.717, 1.165) is 26.2 Å². The van der Waals surface area contributed by atoms with E-state index < -0.39 is 0 Å². The molecule has 0 unspecified atom stereocenters. The lowest BCUT2D eigenvalue weighted by Crippen LogP contribution is -2.30. The summed E-state index contributed by atoms with van der Waals surface area (Å²) in [5.74, 6) is 0. The Hall–Kier alpha value is -1.45. The van der Waals surface area contributed by atoms with Gasteiger partial charge in [0.15, 0.2) is 0 Å². The molecule has 1 aliphatic heterocycles. The second kappa shape index (κ2) is 3.51. The fourth-order valence-corrected chi connectivity index (χ4v) is 1.48. The molecule has 0 aromatic carbocycles. The van der Waals surface area contributed by atoms with Crippen molar-refractivity contribution in [2.24, 2.45) is 0 Å². The van der Waals surface area contributed by atoms with Crippen LogP contribution >= 0.6 is 0 Å². The summed E-state index contributed by atoms with van der Waals surface area (Å²) in [6.07, 6.45) is 4.02. The van der Waals surface area contributed by atoms with Crippen LogP contribution in [0.1, 0.15) is 0 Å². The first-order chi connectivity index (χ1) is 6.36. The van der Waals surface area contributed by atoms with Gasteiger partial charge in [0.2, 0.25) is 0 Å². The molecule has 0 atom stereocenters. The molecule has 1 saturated heterocycles. The van der Waals surface area contributed by atoms with Gasteiger partial charge in [-0.25, -0.2) is 4.79 Å². The molecule has 13 heavy (non-hydrogen) atoms. The van der Waals surface area contributed by atoms with Gasteiger partial charge in [0.05, 0.1) is 0 Å². The Bertz CT molecular complexity index is 281. The number of amides is 2. The predicted octanol–water partition coefficient (Wildman–Crippen LogP) is 0.513. The highest BCUT2D eigenvalue weighted by molar-refractivity contribution is 5.76. The number of hydrogen-bond acceptors (Lipinski definition) is 1. The van der Waals surface area contributed by atoms with Crippen LogP contribution in [0.15, 0.2) is 24.5 Å². The van der Waals surface area contributed by atoms with Crippen molar-refractivity contribution in [2.45, 2.75) is 6.54 Å². The smallest absolute Gasteiger partial charge is 0.317 e. The third-order valence-corrected chi connectivity index (χ3v) is 2.24. The molecule has 2 rings (SSSR count). The molecule has 1 aromatic heterocycles. The molecule has 0 spiro atoms. The quantitative estimate of drug-likeness (QED) is 0.721. The summed E-state index contributed by atoms with van der Waals surface area (Å²) in [6, 6.07) is 4.04. The molecule has 0 saturated carbocycles. The van der Waals surface area contributed by atoms with Crippen LogP contribution in [-0.2, 0) is 6.54 Å². The third-order valence-electron chi connectivity index (χ3n) is 2.24. The maximum Gasteiger partial charge on any atom is 0.317 e. The lowest BCUT2D eigenvalue weighted by atomic mass is 10.5. The first kappa shape index (κ1) is 8.16. The summed E-state index contributed by atoms with van der Waals surface area (Å²) in [6.45, 7) is 3.28. The maximum absolute atomic E-state index is 11.1. The lowest BCUT2D eigenvalue weighted by molar-refractivity contribution is 0.215. The molecule has 1 fully saturated rings. The first-order valence-corrected chi connectivity index (χ1v) is 4.50. The average molecular weight is 179 g/mol. The Balaban J connectivity index is 1.82. The second-order valence-electron chi connectivity index (χ2n) is 3.14. The van der Waals surface area contributed by atoms with Crippen molar-refractivity contribution in [2.75, 3.05) is 19.6 Å². The summed E-state index contributed by atoms with van der Waals surface area (Å²) in [5.41, 5.74) is 0. The lowest BCUT2D eigenvalue weighted by Gasteiger charge is -2.13. The van der Waals surface area contributed by atoms with Crippen LogP contribution in [0.25, 0.3) is 0 Å². The van der Waals surface area contributed by atoms with E-state index in [0.29, 0.717) is 0 Å². The van der Waals surface area contributed by atoms with Crippen molar-refractivity contribution < 1.29 is 4.79 Å². The third kappa shape index (κ3) is 1.83. The number of aromatic nitrogens is 1. The van der Waals surface area contributed by atoms with Gasteiger partial charge in [0, 0.05) is 38.6 Å². The highest BCUT2D eigenvalue weighted by Crippen LogP contribution is 1.98. The Kier molecular flexibility index (Phi) is 2.21. The molecule has 70 valence electrons. The van der Waals surface area contributed by atoms with Gasteiger partial charge in [-0.1, -0.05) is 0 Å². The Morgan fingerprint density at radius 3 is 2.69 bits per heavy atom. The van der Waals surface area contributed by atoms with Gasteiger partial charge in [-0.15, -0.1) is 0 Å². The molecular formula is C9H13N3O. The Morgan fingerprint density at radius 1 is 1.31 bits per heavy atom. The second-order valence-corrected chi connectivity index (χ2v) is 3.14. The average Bonchev–Trinajstić information content (AvgIpc) is 2.72. The van der Waals surface area contributed by atoms with Gasteiger partial charge in [0.1, 0.15) is 0 Å². The molecule has 2 heterocycles. The van der Waals surface area contributed by atoms with Crippen molar-refractivity contribution in [1.29, 1.82) is 0 Å². The largest absolute Gasteiger partial charge is 0.352 e. The summed E-state index contributed by atoms with van der Waals surface area (Å²) >= 11 is 0. The van der Waals surface area contributed by atoms with E-state index in [1.807, 2.05) is 29.4 Å². The molecule has 1 N–H and O–H groups in total. The number of rotatable bonds is 3. The van der Waals surface area contributed by atoms with E-state index in [1.54, 1.807) is 0 Å². The first-order valence-electron chi connectivity index (χ1n) is 4.50. The molecule has 0 aliphatic carbocycles. The van der Waals surface area contributed by atoms with Gasteiger partial charge in [-0.05, 0) is 12.1 Å². The number of nitrogens with zero attached hydrogens (tertiary/aromatic N) is 2. The zero-order valence-corrected chi connectivity index (χ0v) is 7.44. The minimum atomic E-state index is 0.0622. The minimum absolute atomic E-state index is 0.0622. The fourth-order valence-electron chi connectivity index (χ4n) is 1.48. The zero-order chi connectivity index (χ0) is 9.10. The van der Waals surface area contributed by atoms with Crippen LogP contribution in [0.2, 0.25) is 0 Å². The number of carbonyl (C=O) groups is 1. The highest BCUT2D eigenvalue weighted by Gasteiger charge is 2.18. The van der Waals surface area contributed by atoms with Crippen molar-refractivity contribution >= 4 is 6.03 Å². The number of nitrogens with one attached hydrogen (secondary N) is 1. The molecule has 0 radical (unpaired) electrons. The predicted molar refractivity (Wildman–Crippen MR) is 49.4 cm³/mol. The van der Waals surface area contributed by atoms with E-state index in [9.17, 15) is 4.79 Å². The van der Waals surface area contributed by atoms with Crippen LogP contribution in [-0.4, -0.2) is 35.1 Å². The van der Waals surface area contributed by atoms with Gasteiger partial charge in [-0.3, -0.25) is 0 Å². The van der Waals surface area contributed by atoms with E-state index >= 15 is 0 Å². The van der Waals surface area contributed by atoms with Crippen LogP contribution in [0.4, 0.5) is 4.79 Å². The Morgan fingerprint density at radius 2 is 2.08 bits per heavy atom. The molecule has 1 aliphatic rings. The zero-order valence-electron chi connectivity index (χ0n) is 7.44. The van der Waals surface area contributed by atoms with Gasteiger partial charge < -0.3 is 14.8 Å². The van der Waals surface area contributed by atoms with Crippen LogP contribution in [0, 0.1) is 0 Å². The van der Waals surface area contributed by atoms with Gasteiger partial charge in [0.25, 0.3) is 0 Å². The monoisotopic (exact) mass is 179 g/mol. The fraction of sp³-hybridized carbons (Fsp3) is 0.444.